The topological polar surface area (TPSA) is 136 Å². The maximum atomic E-state index is 14.2. The number of pyridine rings is 1. The molecular weight excluding hydrogens is 451 g/mol. The van der Waals surface area contributed by atoms with Crippen molar-refractivity contribution in [3.8, 4) is 17.5 Å². The Labute approximate surface area is 202 Å². The molecular formula is C25H29FN6O3. The molecule has 1 aliphatic rings. The smallest absolute Gasteiger partial charge is 0.255 e. The van der Waals surface area contributed by atoms with Gasteiger partial charge in [-0.25, -0.2) is 8.91 Å². The van der Waals surface area contributed by atoms with E-state index in [1.807, 2.05) is 12.1 Å². The zero-order valence-corrected chi connectivity index (χ0v) is 19.7. The molecule has 1 aliphatic carbocycles. The van der Waals surface area contributed by atoms with Gasteiger partial charge in [-0.05, 0) is 63.8 Å². The highest BCUT2D eigenvalue weighted by Crippen LogP contribution is 2.28. The molecule has 4 rings (SSSR count). The first-order valence-corrected chi connectivity index (χ1v) is 11.6. The molecule has 0 bridgehead atoms. The zero-order valence-electron chi connectivity index (χ0n) is 19.7. The zero-order chi connectivity index (χ0) is 25.2. The molecule has 4 N–H and O–H groups in total. The van der Waals surface area contributed by atoms with Crippen LogP contribution in [0, 0.1) is 11.3 Å². The number of nitrogens with one attached hydrogen (secondary N) is 2. The second-order valence-electron chi connectivity index (χ2n) is 9.52. The molecule has 3 heterocycles. The number of carbonyl (C=O) groups excluding carboxylic acids is 1. The van der Waals surface area contributed by atoms with E-state index >= 15 is 0 Å². The predicted octanol–water partition coefficient (Wildman–Crippen LogP) is 2.82. The van der Waals surface area contributed by atoms with Crippen molar-refractivity contribution in [2.24, 2.45) is 0 Å². The summed E-state index contributed by atoms with van der Waals surface area (Å²) in [7, 11) is 0. The molecule has 1 unspecified atom stereocenters. The maximum absolute atomic E-state index is 14.2. The van der Waals surface area contributed by atoms with E-state index in [9.17, 15) is 19.4 Å². The lowest BCUT2D eigenvalue weighted by Gasteiger charge is -2.28. The molecule has 3 atom stereocenters. The number of carbonyl (C=O) groups is 1. The van der Waals surface area contributed by atoms with Crippen LogP contribution in [-0.4, -0.2) is 61.2 Å². The van der Waals surface area contributed by atoms with E-state index in [1.54, 1.807) is 16.6 Å². The number of rotatable bonds is 7. The van der Waals surface area contributed by atoms with Gasteiger partial charge in [0.15, 0.2) is 0 Å². The molecule has 35 heavy (non-hydrogen) atoms. The van der Waals surface area contributed by atoms with E-state index in [4.69, 9.17) is 5.26 Å². The predicted molar refractivity (Wildman–Crippen MR) is 129 cm³/mol. The number of amides is 1. The van der Waals surface area contributed by atoms with Crippen molar-refractivity contribution in [2.75, 3.05) is 11.9 Å². The quantitative estimate of drug-likeness (QED) is 0.408. The lowest BCUT2D eigenvalue weighted by atomic mass is 9.92. The number of hydrogen-bond acceptors (Lipinski definition) is 7. The Balaban J connectivity index is 1.66. The normalized spacial score (nSPS) is 19.2. The summed E-state index contributed by atoms with van der Waals surface area (Å²) in [4.78, 5) is 17.4. The van der Waals surface area contributed by atoms with Crippen molar-refractivity contribution < 1.29 is 19.4 Å². The Morgan fingerprint density at radius 2 is 2.14 bits per heavy atom. The van der Waals surface area contributed by atoms with Crippen LogP contribution < -0.4 is 10.6 Å². The monoisotopic (exact) mass is 480 g/mol. The first-order chi connectivity index (χ1) is 16.7. The van der Waals surface area contributed by atoms with Crippen molar-refractivity contribution in [2.45, 2.75) is 63.4 Å². The third-order valence-electron chi connectivity index (χ3n) is 6.26. The van der Waals surface area contributed by atoms with Gasteiger partial charge >= 0.3 is 0 Å². The van der Waals surface area contributed by atoms with Crippen molar-refractivity contribution in [1.82, 2.24) is 19.9 Å². The van der Waals surface area contributed by atoms with Gasteiger partial charge < -0.3 is 20.8 Å². The van der Waals surface area contributed by atoms with Crippen LogP contribution in [0.15, 0.2) is 36.7 Å². The SMILES string of the molecule is CC(C)(O)C(F)CNC(=O)c1cnc(-c2ccc3cc(C#N)cnn23)cc1N[C@@H]1CCC[C@@H](O)C1. The highest BCUT2D eigenvalue weighted by Gasteiger charge is 2.28. The minimum absolute atomic E-state index is 0.0359. The Kier molecular flexibility index (Phi) is 7.00. The molecule has 184 valence electrons. The van der Waals surface area contributed by atoms with E-state index in [0.717, 1.165) is 24.8 Å². The number of aliphatic hydroxyl groups is 2. The number of alkyl halides is 1. The molecule has 3 aromatic heterocycles. The van der Waals surface area contributed by atoms with Crippen LogP contribution >= 0.6 is 0 Å². The Morgan fingerprint density at radius 1 is 1.34 bits per heavy atom. The van der Waals surface area contributed by atoms with Gasteiger partial charge in [0.05, 0.1) is 58.2 Å². The summed E-state index contributed by atoms with van der Waals surface area (Å²) in [5.41, 5.74) is 1.56. The van der Waals surface area contributed by atoms with E-state index in [1.165, 1.54) is 26.2 Å². The second-order valence-corrected chi connectivity index (χ2v) is 9.52. The molecule has 0 radical (unpaired) electrons. The Bertz CT molecular complexity index is 1260. The fourth-order valence-corrected chi connectivity index (χ4v) is 4.19. The van der Waals surface area contributed by atoms with Gasteiger partial charge in [0.1, 0.15) is 12.2 Å². The average Bonchev–Trinajstić information content (AvgIpc) is 3.25. The third kappa shape index (κ3) is 5.58. The molecule has 0 aliphatic heterocycles. The number of halogens is 1. The van der Waals surface area contributed by atoms with Crippen LogP contribution in [0.4, 0.5) is 10.1 Å². The van der Waals surface area contributed by atoms with Gasteiger partial charge in [-0.3, -0.25) is 9.78 Å². The largest absolute Gasteiger partial charge is 0.393 e. The van der Waals surface area contributed by atoms with Crippen molar-refractivity contribution in [3.05, 3.63) is 47.8 Å². The lowest BCUT2D eigenvalue weighted by molar-refractivity contribution is -0.00177. The molecule has 1 saturated carbocycles. The number of hydrogen-bond donors (Lipinski definition) is 4. The fraction of sp³-hybridized carbons (Fsp3) is 0.440. The highest BCUT2D eigenvalue weighted by molar-refractivity contribution is 6.00. The minimum atomic E-state index is -1.64. The summed E-state index contributed by atoms with van der Waals surface area (Å²) in [6, 6.07) is 9.14. The highest BCUT2D eigenvalue weighted by atomic mass is 19.1. The van der Waals surface area contributed by atoms with Crippen LogP contribution in [0.3, 0.4) is 0 Å². The van der Waals surface area contributed by atoms with Gasteiger partial charge in [0.25, 0.3) is 5.91 Å². The number of aromatic nitrogens is 3. The number of anilines is 1. The summed E-state index contributed by atoms with van der Waals surface area (Å²) in [6.45, 7) is 2.34. The first-order valence-electron chi connectivity index (χ1n) is 11.6. The molecule has 1 amide bonds. The third-order valence-corrected chi connectivity index (χ3v) is 6.26. The molecule has 10 heteroatoms. The molecule has 0 spiro atoms. The average molecular weight is 481 g/mol. The van der Waals surface area contributed by atoms with Crippen molar-refractivity contribution in [3.63, 3.8) is 0 Å². The Hall–Kier alpha value is -3.55. The number of aliphatic hydroxyl groups excluding tert-OH is 1. The summed E-state index contributed by atoms with van der Waals surface area (Å²) in [6.07, 6.45) is 3.84. The fourth-order valence-electron chi connectivity index (χ4n) is 4.19. The van der Waals surface area contributed by atoms with Crippen LogP contribution in [0.25, 0.3) is 16.9 Å². The van der Waals surface area contributed by atoms with Gasteiger partial charge in [0.2, 0.25) is 0 Å². The van der Waals surface area contributed by atoms with Crippen molar-refractivity contribution >= 4 is 17.1 Å². The van der Waals surface area contributed by atoms with E-state index in [2.05, 4.69) is 26.8 Å². The first kappa shape index (κ1) is 24.6. The van der Waals surface area contributed by atoms with Gasteiger partial charge in [-0.1, -0.05) is 0 Å². The van der Waals surface area contributed by atoms with Crippen LogP contribution in [0.2, 0.25) is 0 Å². The molecule has 0 aromatic carbocycles. The summed E-state index contributed by atoms with van der Waals surface area (Å²) >= 11 is 0. The van der Waals surface area contributed by atoms with E-state index < -0.39 is 23.8 Å². The number of nitriles is 1. The van der Waals surface area contributed by atoms with Gasteiger partial charge in [0, 0.05) is 12.2 Å². The van der Waals surface area contributed by atoms with Crippen LogP contribution in [0.5, 0.6) is 0 Å². The Morgan fingerprint density at radius 3 is 2.86 bits per heavy atom. The molecule has 3 aromatic rings. The second kappa shape index (κ2) is 9.98. The molecule has 9 nitrogen and oxygen atoms in total. The number of fused-ring (bicyclic) bond motifs is 1. The standard InChI is InChI=1S/C25H29FN6O3/c1-25(2,35)23(26)14-29-24(34)19-13-28-21(10-20(19)31-16-4-3-5-18(33)9-16)22-7-6-17-8-15(11-27)12-30-32(17)22/h6-8,10,12-13,16,18,23,33,35H,3-5,9,14H2,1-2H3,(H,28,31)(H,29,34)/t16-,18-,23?/m1/s1. The van der Waals surface area contributed by atoms with Crippen molar-refractivity contribution in [1.29, 1.82) is 5.26 Å². The van der Waals surface area contributed by atoms with E-state index in [0.29, 0.717) is 29.1 Å². The van der Waals surface area contributed by atoms with Crippen LogP contribution in [0.1, 0.15) is 55.5 Å². The summed E-state index contributed by atoms with van der Waals surface area (Å²) in [5.74, 6) is -0.522. The van der Waals surface area contributed by atoms with Crippen LogP contribution in [-0.2, 0) is 0 Å². The van der Waals surface area contributed by atoms with E-state index in [-0.39, 0.29) is 18.2 Å². The number of nitrogens with zero attached hydrogens (tertiary/aromatic N) is 4. The maximum Gasteiger partial charge on any atom is 0.255 e. The summed E-state index contributed by atoms with van der Waals surface area (Å²) < 4.78 is 15.9. The summed E-state index contributed by atoms with van der Waals surface area (Å²) in [5, 5.41) is 39.3. The minimum Gasteiger partial charge on any atom is -0.393 e. The van der Waals surface area contributed by atoms with Gasteiger partial charge in [-0.2, -0.15) is 10.4 Å². The van der Waals surface area contributed by atoms with Gasteiger partial charge in [-0.15, -0.1) is 0 Å². The molecule has 1 fully saturated rings. The molecule has 0 saturated heterocycles. The lowest BCUT2D eigenvalue weighted by Crippen LogP contribution is -2.42.